The van der Waals surface area contributed by atoms with Gasteiger partial charge in [-0.1, -0.05) is 55.1 Å². The van der Waals surface area contributed by atoms with Crippen LogP contribution in [0.4, 0.5) is 0 Å². The molecule has 0 unspecified atom stereocenters. The Hall–Kier alpha value is -2.49. The summed E-state index contributed by atoms with van der Waals surface area (Å²) in [5, 5.41) is 10.2. The lowest BCUT2D eigenvalue weighted by Gasteiger charge is -2.06. The number of para-hydroxylation sites is 1. The first kappa shape index (κ1) is 19.8. The molecule has 0 bridgehead atoms. The van der Waals surface area contributed by atoms with Crippen molar-refractivity contribution < 1.29 is 8.42 Å². The van der Waals surface area contributed by atoms with Crippen molar-refractivity contribution >= 4 is 43.9 Å². The van der Waals surface area contributed by atoms with E-state index in [9.17, 15) is 8.42 Å². The quantitative estimate of drug-likeness (QED) is 0.342. The van der Waals surface area contributed by atoms with Gasteiger partial charge < -0.3 is 4.57 Å². The standard InChI is InChI=1S/C20H21N5O2S2/c1-2-13-25-17-11-7-6-10-16(17)18-19(25)22-20(24-23-18)28-14-12-21-29(26,27)15-8-4-3-5-9-15/h3-11,21H,2,12-14H2,1H3. The Morgan fingerprint density at radius 3 is 2.59 bits per heavy atom. The molecule has 0 atom stereocenters. The number of hydrogen-bond donors (Lipinski definition) is 1. The molecular weight excluding hydrogens is 406 g/mol. The summed E-state index contributed by atoms with van der Waals surface area (Å²) >= 11 is 1.38. The van der Waals surface area contributed by atoms with Gasteiger partial charge in [-0.15, -0.1) is 10.2 Å². The Morgan fingerprint density at radius 1 is 1.03 bits per heavy atom. The summed E-state index contributed by atoms with van der Waals surface area (Å²) in [7, 11) is -3.50. The number of nitrogens with zero attached hydrogens (tertiary/aromatic N) is 4. The third-order valence-corrected chi connectivity index (χ3v) is 6.80. The van der Waals surface area contributed by atoms with Crippen molar-refractivity contribution in [2.75, 3.05) is 12.3 Å². The first-order valence-electron chi connectivity index (χ1n) is 9.39. The van der Waals surface area contributed by atoms with E-state index in [-0.39, 0.29) is 11.4 Å². The summed E-state index contributed by atoms with van der Waals surface area (Å²) in [5.41, 5.74) is 2.71. The third-order valence-electron chi connectivity index (χ3n) is 4.48. The van der Waals surface area contributed by atoms with Gasteiger partial charge in [0.15, 0.2) is 5.65 Å². The summed E-state index contributed by atoms with van der Waals surface area (Å²) in [4.78, 5) is 4.96. The average molecular weight is 428 g/mol. The normalized spacial score (nSPS) is 12.0. The lowest BCUT2D eigenvalue weighted by molar-refractivity contribution is 0.584. The molecule has 150 valence electrons. The van der Waals surface area contributed by atoms with E-state index >= 15 is 0 Å². The predicted molar refractivity (Wildman–Crippen MR) is 115 cm³/mol. The summed E-state index contributed by atoms with van der Waals surface area (Å²) in [6.45, 7) is 3.26. The minimum atomic E-state index is -3.50. The number of aryl methyl sites for hydroxylation is 1. The summed E-state index contributed by atoms with van der Waals surface area (Å²) in [5.74, 6) is 0.507. The highest BCUT2D eigenvalue weighted by molar-refractivity contribution is 7.99. The molecule has 0 saturated carbocycles. The van der Waals surface area contributed by atoms with Gasteiger partial charge >= 0.3 is 0 Å². The largest absolute Gasteiger partial charge is 0.324 e. The van der Waals surface area contributed by atoms with Crippen LogP contribution in [0.15, 0.2) is 64.6 Å². The Morgan fingerprint density at radius 2 is 1.79 bits per heavy atom. The molecule has 4 rings (SSSR count). The van der Waals surface area contributed by atoms with Crippen LogP contribution in [0.5, 0.6) is 0 Å². The molecule has 2 aromatic carbocycles. The molecular formula is C20H21N5O2S2. The van der Waals surface area contributed by atoms with Crippen LogP contribution in [0.3, 0.4) is 0 Å². The smallest absolute Gasteiger partial charge is 0.240 e. The van der Waals surface area contributed by atoms with Crippen LogP contribution in [0.2, 0.25) is 0 Å². The first-order chi connectivity index (χ1) is 14.1. The van der Waals surface area contributed by atoms with Crippen molar-refractivity contribution in [3.63, 3.8) is 0 Å². The zero-order valence-electron chi connectivity index (χ0n) is 15.9. The topological polar surface area (TPSA) is 89.8 Å². The molecule has 0 aliphatic carbocycles. The molecule has 0 amide bonds. The number of benzene rings is 2. The highest BCUT2D eigenvalue weighted by atomic mass is 32.2. The molecule has 0 radical (unpaired) electrons. The zero-order chi connectivity index (χ0) is 20.3. The van der Waals surface area contributed by atoms with Crippen molar-refractivity contribution in [3.05, 3.63) is 54.6 Å². The molecule has 7 nitrogen and oxygen atoms in total. The molecule has 9 heteroatoms. The monoisotopic (exact) mass is 427 g/mol. The van der Waals surface area contributed by atoms with E-state index in [0.29, 0.717) is 10.9 Å². The highest BCUT2D eigenvalue weighted by Gasteiger charge is 2.15. The van der Waals surface area contributed by atoms with Gasteiger partial charge in [-0.3, -0.25) is 0 Å². The molecule has 4 aromatic rings. The minimum absolute atomic E-state index is 0.258. The maximum absolute atomic E-state index is 12.3. The molecule has 0 fully saturated rings. The maximum atomic E-state index is 12.3. The fraction of sp³-hybridized carbons (Fsp3) is 0.250. The molecule has 0 aliphatic rings. The van der Waals surface area contributed by atoms with Gasteiger partial charge in [0.25, 0.3) is 0 Å². The van der Waals surface area contributed by atoms with Gasteiger partial charge in [-0.25, -0.2) is 18.1 Å². The van der Waals surface area contributed by atoms with Crippen molar-refractivity contribution in [2.45, 2.75) is 29.9 Å². The molecule has 2 heterocycles. The molecule has 1 N–H and O–H groups in total. The molecule has 2 aromatic heterocycles. The highest BCUT2D eigenvalue weighted by Crippen LogP contribution is 2.27. The fourth-order valence-corrected chi connectivity index (χ4v) is 5.02. The van der Waals surface area contributed by atoms with E-state index in [4.69, 9.17) is 4.98 Å². The molecule has 0 saturated heterocycles. The van der Waals surface area contributed by atoms with Crippen molar-refractivity contribution in [1.82, 2.24) is 24.5 Å². The maximum Gasteiger partial charge on any atom is 0.240 e. The Balaban J connectivity index is 1.49. The Labute approximate surface area is 173 Å². The van der Waals surface area contributed by atoms with Gasteiger partial charge in [0.2, 0.25) is 15.2 Å². The van der Waals surface area contributed by atoms with Crippen LogP contribution >= 0.6 is 11.8 Å². The van der Waals surface area contributed by atoms with Gasteiger partial charge in [0, 0.05) is 24.2 Å². The number of hydrogen-bond acceptors (Lipinski definition) is 6. The lowest BCUT2D eigenvalue weighted by atomic mass is 10.2. The number of nitrogens with one attached hydrogen (secondary N) is 1. The number of sulfonamides is 1. The van der Waals surface area contributed by atoms with Gasteiger partial charge in [0.05, 0.1) is 10.4 Å². The van der Waals surface area contributed by atoms with Crippen LogP contribution in [-0.4, -0.2) is 40.5 Å². The zero-order valence-corrected chi connectivity index (χ0v) is 17.6. The van der Waals surface area contributed by atoms with Crippen molar-refractivity contribution in [1.29, 1.82) is 0 Å². The van der Waals surface area contributed by atoms with Gasteiger partial charge in [-0.05, 0) is 24.6 Å². The van der Waals surface area contributed by atoms with Gasteiger partial charge in [-0.2, -0.15) is 0 Å². The SMILES string of the molecule is CCCn1c2ccccc2c2nnc(SCCNS(=O)(=O)c3ccccc3)nc21. The first-order valence-corrected chi connectivity index (χ1v) is 11.9. The van der Waals surface area contributed by atoms with E-state index in [2.05, 4.69) is 32.5 Å². The van der Waals surface area contributed by atoms with Crippen LogP contribution in [0.1, 0.15) is 13.3 Å². The van der Waals surface area contributed by atoms with Crippen molar-refractivity contribution in [3.8, 4) is 0 Å². The van der Waals surface area contributed by atoms with Crippen LogP contribution < -0.4 is 4.72 Å². The van der Waals surface area contributed by atoms with Crippen molar-refractivity contribution in [2.24, 2.45) is 0 Å². The molecule has 0 spiro atoms. The van der Waals surface area contributed by atoms with Crippen LogP contribution in [0, 0.1) is 0 Å². The van der Waals surface area contributed by atoms with E-state index < -0.39 is 10.0 Å². The second-order valence-electron chi connectivity index (χ2n) is 6.49. The fourth-order valence-electron chi connectivity index (χ4n) is 3.20. The van der Waals surface area contributed by atoms with E-state index in [1.165, 1.54) is 11.8 Å². The van der Waals surface area contributed by atoms with E-state index in [0.717, 1.165) is 35.0 Å². The average Bonchev–Trinajstić information content (AvgIpc) is 3.06. The minimum Gasteiger partial charge on any atom is -0.324 e. The van der Waals surface area contributed by atoms with Crippen LogP contribution in [0.25, 0.3) is 22.1 Å². The summed E-state index contributed by atoms with van der Waals surface area (Å²) < 4.78 is 29.3. The lowest BCUT2D eigenvalue weighted by Crippen LogP contribution is -2.26. The van der Waals surface area contributed by atoms with E-state index in [1.807, 2.05) is 18.2 Å². The number of rotatable bonds is 8. The number of thioether (sulfide) groups is 1. The predicted octanol–water partition coefficient (Wildman–Crippen LogP) is 3.46. The Bertz CT molecular complexity index is 1240. The summed E-state index contributed by atoms with van der Waals surface area (Å²) in [6.07, 6.45) is 0.988. The van der Waals surface area contributed by atoms with Crippen LogP contribution in [-0.2, 0) is 16.6 Å². The number of aromatic nitrogens is 4. The molecule has 0 aliphatic heterocycles. The molecule has 29 heavy (non-hydrogen) atoms. The Kier molecular flexibility index (Phi) is 5.79. The second kappa shape index (κ2) is 8.48. The second-order valence-corrected chi connectivity index (χ2v) is 9.32. The summed E-state index contributed by atoms with van der Waals surface area (Å²) in [6, 6.07) is 16.4. The number of fused-ring (bicyclic) bond motifs is 3. The van der Waals surface area contributed by atoms with E-state index in [1.54, 1.807) is 30.3 Å². The van der Waals surface area contributed by atoms with Gasteiger partial charge in [0.1, 0.15) is 5.52 Å². The third kappa shape index (κ3) is 4.12.